The molecule has 0 fully saturated rings. The summed E-state index contributed by atoms with van der Waals surface area (Å²) in [4.78, 5) is 12.8. The Bertz CT molecular complexity index is 1280. The Morgan fingerprint density at radius 2 is 1.72 bits per heavy atom. The second-order valence-corrected chi connectivity index (χ2v) is 9.36. The Kier molecular flexibility index (Phi) is 5.46. The lowest BCUT2D eigenvalue weighted by atomic mass is 10.1. The second kappa shape index (κ2) is 7.98. The number of rotatable bonds is 4. The number of sulfonamides is 1. The highest BCUT2D eigenvalue weighted by atomic mass is 32.2. The molecule has 5 nitrogen and oxygen atoms in total. The number of hydrogen-bond donors (Lipinski definition) is 1. The Morgan fingerprint density at radius 1 is 1.00 bits per heavy atom. The minimum Gasteiger partial charge on any atom is -0.322 e. The fourth-order valence-corrected chi connectivity index (χ4v) is 5.51. The van der Waals surface area contributed by atoms with E-state index in [0.717, 1.165) is 12.1 Å². The summed E-state index contributed by atoms with van der Waals surface area (Å²) >= 11 is 0. The number of carbonyl (C=O) groups excluding carboxylic acids is 1. The predicted octanol–water partition coefficient (Wildman–Crippen LogP) is 5.10. The third-order valence-corrected chi connectivity index (χ3v) is 7.18. The van der Waals surface area contributed by atoms with E-state index in [4.69, 9.17) is 0 Å². The molecule has 3 aromatic rings. The molecular weight excluding hydrogens is 441 g/mol. The SMILES string of the molecule is C[C@@H]1Cc2cc(C(=O)Nc3cccc(C(F)(F)F)c3)ccc2N1S(=O)(=O)c1ccccc1. The smallest absolute Gasteiger partial charge is 0.322 e. The number of halogens is 3. The van der Waals surface area contributed by atoms with Crippen molar-refractivity contribution >= 4 is 27.3 Å². The topological polar surface area (TPSA) is 66.5 Å². The molecule has 4 rings (SSSR count). The first-order valence-electron chi connectivity index (χ1n) is 9.78. The Morgan fingerprint density at radius 3 is 2.41 bits per heavy atom. The molecule has 1 N–H and O–H groups in total. The van der Waals surface area contributed by atoms with Gasteiger partial charge < -0.3 is 5.32 Å². The zero-order valence-electron chi connectivity index (χ0n) is 16.9. The van der Waals surface area contributed by atoms with Gasteiger partial charge in [0.05, 0.1) is 16.1 Å². The fourth-order valence-electron chi connectivity index (χ4n) is 3.79. The van der Waals surface area contributed by atoms with Gasteiger partial charge in [-0.2, -0.15) is 13.2 Å². The van der Waals surface area contributed by atoms with Gasteiger partial charge in [-0.05, 0) is 67.4 Å². The van der Waals surface area contributed by atoms with Crippen LogP contribution in [-0.2, 0) is 22.6 Å². The van der Waals surface area contributed by atoms with Crippen LogP contribution in [0.15, 0.2) is 77.7 Å². The molecule has 0 spiro atoms. The number of amides is 1. The van der Waals surface area contributed by atoms with E-state index in [-0.39, 0.29) is 22.2 Å². The molecule has 0 saturated carbocycles. The van der Waals surface area contributed by atoms with E-state index >= 15 is 0 Å². The summed E-state index contributed by atoms with van der Waals surface area (Å²) < 4.78 is 66.3. The predicted molar refractivity (Wildman–Crippen MR) is 115 cm³/mol. The van der Waals surface area contributed by atoms with Crippen molar-refractivity contribution in [3.63, 3.8) is 0 Å². The number of alkyl halides is 3. The summed E-state index contributed by atoms with van der Waals surface area (Å²) in [6.07, 6.45) is -4.11. The number of nitrogens with one attached hydrogen (secondary N) is 1. The summed E-state index contributed by atoms with van der Waals surface area (Å²) in [6, 6.07) is 16.7. The normalized spacial score (nSPS) is 16.0. The lowest BCUT2D eigenvalue weighted by Crippen LogP contribution is -2.35. The summed E-state index contributed by atoms with van der Waals surface area (Å²) in [7, 11) is -3.78. The molecular formula is C23H19F3N2O3S. The van der Waals surface area contributed by atoms with Gasteiger partial charge in [-0.3, -0.25) is 9.10 Å². The fraction of sp³-hybridized carbons (Fsp3) is 0.174. The molecule has 0 radical (unpaired) electrons. The molecule has 1 atom stereocenters. The van der Waals surface area contributed by atoms with E-state index in [1.807, 2.05) is 0 Å². The largest absolute Gasteiger partial charge is 0.416 e. The number of anilines is 2. The third-order valence-electron chi connectivity index (χ3n) is 5.24. The van der Waals surface area contributed by atoms with Crippen molar-refractivity contribution in [1.29, 1.82) is 0 Å². The lowest BCUT2D eigenvalue weighted by molar-refractivity contribution is -0.137. The molecule has 1 aliphatic heterocycles. The van der Waals surface area contributed by atoms with Crippen molar-refractivity contribution in [2.24, 2.45) is 0 Å². The average molecular weight is 460 g/mol. The van der Waals surface area contributed by atoms with E-state index in [2.05, 4.69) is 5.32 Å². The van der Waals surface area contributed by atoms with Crippen LogP contribution in [0.5, 0.6) is 0 Å². The van der Waals surface area contributed by atoms with E-state index in [1.165, 1.54) is 34.6 Å². The van der Waals surface area contributed by atoms with Crippen LogP contribution in [0.25, 0.3) is 0 Å². The molecule has 0 saturated heterocycles. The first-order chi connectivity index (χ1) is 15.1. The molecule has 0 bridgehead atoms. The van der Waals surface area contributed by atoms with Crippen molar-refractivity contribution in [3.8, 4) is 0 Å². The number of hydrogen-bond acceptors (Lipinski definition) is 3. The van der Waals surface area contributed by atoms with E-state index in [1.54, 1.807) is 37.3 Å². The van der Waals surface area contributed by atoms with Crippen molar-refractivity contribution < 1.29 is 26.4 Å². The molecule has 1 amide bonds. The third kappa shape index (κ3) is 4.08. The Hall–Kier alpha value is -3.33. The molecule has 1 aliphatic rings. The van der Waals surface area contributed by atoms with Crippen LogP contribution in [0.2, 0.25) is 0 Å². The molecule has 0 aliphatic carbocycles. The average Bonchev–Trinajstić information content (AvgIpc) is 3.09. The van der Waals surface area contributed by atoms with Gasteiger partial charge in [-0.25, -0.2) is 8.42 Å². The monoisotopic (exact) mass is 460 g/mol. The molecule has 0 aromatic heterocycles. The second-order valence-electron chi connectivity index (χ2n) is 7.54. The van der Waals surface area contributed by atoms with Gasteiger partial charge in [0, 0.05) is 17.3 Å². The number of nitrogens with zero attached hydrogens (tertiary/aromatic N) is 1. The zero-order chi connectivity index (χ0) is 23.1. The van der Waals surface area contributed by atoms with Crippen molar-refractivity contribution in [2.75, 3.05) is 9.62 Å². The van der Waals surface area contributed by atoms with E-state index in [0.29, 0.717) is 17.7 Å². The summed E-state index contributed by atoms with van der Waals surface area (Å²) in [5, 5.41) is 2.47. The minimum atomic E-state index is -4.52. The van der Waals surface area contributed by atoms with Crippen molar-refractivity contribution in [2.45, 2.75) is 30.5 Å². The number of carbonyl (C=O) groups is 1. The maximum absolute atomic E-state index is 13.1. The van der Waals surface area contributed by atoms with Gasteiger partial charge in [0.2, 0.25) is 0 Å². The van der Waals surface area contributed by atoms with Crippen LogP contribution in [0.1, 0.15) is 28.4 Å². The van der Waals surface area contributed by atoms with Gasteiger partial charge in [0.15, 0.2) is 0 Å². The first-order valence-corrected chi connectivity index (χ1v) is 11.2. The van der Waals surface area contributed by atoms with E-state index < -0.39 is 27.7 Å². The van der Waals surface area contributed by atoms with Gasteiger partial charge in [-0.1, -0.05) is 24.3 Å². The summed E-state index contributed by atoms with van der Waals surface area (Å²) in [5.41, 5.74) is 0.546. The van der Waals surface area contributed by atoms with Crippen LogP contribution in [0.3, 0.4) is 0 Å². The van der Waals surface area contributed by atoms with E-state index in [9.17, 15) is 26.4 Å². The molecule has 32 heavy (non-hydrogen) atoms. The molecule has 1 heterocycles. The van der Waals surface area contributed by atoms with Gasteiger partial charge >= 0.3 is 6.18 Å². The van der Waals surface area contributed by atoms with Crippen LogP contribution < -0.4 is 9.62 Å². The van der Waals surface area contributed by atoms with Gasteiger partial charge in [0.25, 0.3) is 15.9 Å². The standard InChI is InChI=1S/C23H19F3N2O3S/c1-15-12-17-13-16(22(29)27-19-7-5-6-18(14-19)23(24,25)26)10-11-21(17)28(15)32(30,31)20-8-3-2-4-9-20/h2-11,13-15H,12H2,1H3,(H,27,29)/t15-/m1/s1. The molecule has 166 valence electrons. The van der Waals surface area contributed by atoms with Crippen LogP contribution >= 0.6 is 0 Å². The van der Waals surface area contributed by atoms with Crippen LogP contribution in [-0.4, -0.2) is 20.4 Å². The molecule has 9 heteroatoms. The lowest BCUT2D eigenvalue weighted by Gasteiger charge is -2.24. The maximum Gasteiger partial charge on any atom is 0.416 e. The Labute approximate surface area is 183 Å². The highest BCUT2D eigenvalue weighted by molar-refractivity contribution is 7.92. The molecule has 0 unspecified atom stereocenters. The first kappa shape index (κ1) is 21.9. The van der Waals surface area contributed by atoms with Crippen molar-refractivity contribution in [3.05, 3.63) is 89.5 Å². The highest BCUT2D eigenvalue weighted by Gasteiger charge is 2.36. The van der Waals surface area contributed by atoms with Crippen LogP contribution in [0, 0.1) is 0 Å². The zero-order valence-corrected chi connectivity index (χ0v) is 17.7. The van der Waals surface area contributed by atoms with Crippen molar-refractivity contribution in [1.82, 2.24) is 0 Å². The maximum atomic E-state index is 13.1. The quantitative estimate of drug-likeness (QED) is 0.589. The summed E-state index contributed by atoms with van der Waals surface area (Å²) in [5.74, 6) is -0.579. The molecule has 3 aromatic carbocycles. The Balaban J connectivity index is 1.60. The van der Waals surface area contributed by atoms with Gasteiger partial charge in [-0.15, -0.1) is 0 Å². The number of benzene rings is 3. The summed E-state index contributed by atoms with van der Waals surface area (Å²) in [6.45, 7) is 1.78. The van der Waals surface area contributed by atoms with Gasteiger partial charge in [0.1, 0.15) is 0 Å². The number of fused-ring (bicyclic) bond motifs is 1. The minimum absolute atomic E-state index is 0.0203. The van der Waals surface area contributed by atoms with Crippen LogP contribution in [0.4, 0.5) is 24.5 Å². The highest BCUT2D eigenvalue weighted by Crippen LogP contribution is 2.37.